The Kier molecular flexibility index (Phi) is 4.96. The van der Waals surface area contributed by atoms with Gasteiger partial charge in [-0.15, -0.1) is 0 Å². The number of methoxy groups -OCH3 is 1. The number of benzene rings is 1. The van der Waals surface area contributed by atoms with Crippen LogP contribution in [0, 0.1) is 0 Å². The Morgan fingerprint density at radius 2 is 2.21 bits per heavy atom. The molecule has 24 heavy (non-hydrogen) atoms. The van der Waals surface area contributed by atoms with Gasteiger partial charge >= 0.3 is 0 Å². The summed E-state index contributed by atoms with van der Waals surface area (Å²) in [5, 5.41) is 12.7. The Labute approximate surface area is 141 Å². The number of nitrogens with zero attached hydrogens (tertiary/aromatic N) is 2. The van der Waals surface area contributed by atoms with E-state index in [4.69, 9.17) is 4.74 Å². The number of aromatic nitrogens is 1. The second-order valence-corrected chi connectivity index (χ2v) is 5.78. The molecule has 0 atom stereocenters. The normalized spacial score (nSPS) is 13.5. The highest BCUT2D eigenvalue weighted by Crippen LogP contribution is 2.24. The molecule has 0 fully saturated rings. The number of hydrogen-bond acceptors (Lipinski definition) is 5. The van der Waals surface area contributed by atoms with Gasteiger partial charge < -0.3 is 20.1 Å². The van der Waals surface area contributed by atoms with Crippen molar-refractivity contribution in [3.05, 3.63) is 53.2 Å². The van der Waals surface area contributed by atoms with E-state index in [1.54, 1.807) is 37.6 Å². The number of ether oxygens (including phenoxy) is 1. The molecular weight excluding hydrogens is 306 g/mol. The van der Waals surface area contributed by atoms with Crippen LogP contribution in [0.1, 0.15) is 21.5 Å². The van der Waals surface area contributed by atoms with Crippen molar-refractivity contribution >= 4 is 11.7 Å². The van der Waals surface area contributed by atoms with Crippen LogP contribution in [0.4, 0.5) is 5.82 Å². The summed E-state index contributed by atoms with van der Waals surface area (Å²) in [6.45, 7) is 2.48. The first kappa shape index (κ1) is 16.3. The van der Waals surface area contributed by atoms with Gasteiger partial charge in [-0.2, -0.15) is 0 Å². The first-order chi connectivity index (χ1) is 11.7. The van der Waals surface area contributed by atoms with Crippen LogP contribution < -0.4 is 5.32 Å². The fourth-order valence-electron chi connectivity index (χ4n) is 2.80. The monoisotopic (exact) mass is 327 g/mol. The van der Waals surface area contributed by atoms with Crippen molar-refractivity contribution in [1.29, 1.82) is 0 Å². The van der Waals surface area contributed by atoms with Crippen molar-refractivity contribution in [3.63, 3.8) is 0 Å². The van der Waals surface area contributed by atoms with Gasteiger partial charge in [-0.25, -0.2) is 4.98 Å². The minimum Gasteiger partial charge on any atom is -0.508 e. The van der Waals surface area contributed by atoms with Gasteiger partial charge in [0.05, 0.1) is 12.2 Å². The number of carbonyl (C=O) groups is 1. The van der Waals surface area contributed by atoms with Crippen LogP contribution in [0.5, 0.6) is 5.75 Å². The van der Waals surface area contributed by atoms with E-state index in [0.29, 0.717) is 31.8 Å². The first-order valence-electron chi connectivity index (χ1n) is 7.96. The number of nitrogens with one attached hydrogen (secondary N) is 1. The molecule has 0 saturated heterocycles. The number of anilines is 1. The lowest BCUT2D eigenvalue weighted by atomic mass is 9.99. The predicted octanol–water partition coefficient (Wildman–Crippen LogP) is 2.04. The lowest BCUT2D eigenvalue weighted by molar-refractivity contribution is 0.0734. The van der Waals surface area contributed by atoms with Crippen molar-refractivity contribution in [1.82, 2.24) is 9.88 Å². The molecule has 1 aliphatic rings. The Bertz CT molecular complexity index is 716. The second-order valence-electron chi connectivity index (χ2n) is 5.78. The van der Waals surface area contributed by atoms with Crippen molar-refractivity contribution in [2.45, 2.75) is 13.0 Å². The van der Waals surface area contributed by atoms with E-state index < -0.39 is 0 Å². The quantitative estimate of drug-likeness (QED) is 0.822. The molecule has 0 unspecified atom stereocenters. The smallest absolute Gasteiger partial charge is 0.255 e. The number of rotatable bonds is 5. The van der Waals surface area contributed by atoms with Crippen LogP contribution in [-0.2, 0) is 17.7 Å². The van der Waals surface area contributed by atoms with Gasteiger partial charge in [-0.3, -0.25) is 4.79 Å². The number of carbonyl (C=O) groups excluding carboxylic acids is 1. The Morgan fingerprint density at radius 1 is 1.33 bits per heavy atom. The molecule has 0 radical (unpaired) electrons. The average Bonchev–Trinajstić information content (AvgIpc) is 2.61. The van der Waals surface area contributed by atoms with E-state index in [1.807, 2.05) is 11.0 Å². The van der Waals surface area contributed by atoms with Crippen molar-refractivity contribution in [2.75, 3.05) is 32.1 Å². The Hall–Kier alpha value is -2.60. The molecule has 1 aromatic heterocycles. The van der Waals surface area contributed by atoms with E-state index in [9.17, 15) is 9.90 Å². The standard InChI is InChI=1S/C18H21N3O3/c1-24-9-7-19-17-5-3-14(11-20-17)18(23)21-8-6-13-10-16(22)4-2-15(13)12-21/h2-5,10-11,22H,6-9,12H2,1H3,(H,19,20). The van der Waals surface area contributed by atoms with Gasteiger partial charge in [0.2, 0.25) is 0 Å². The van der Waals surface area contributed by atoms with Crippen molar-refractivity contribution in [2.24, 2.45) is 0 Å². The lowest BCUT2D eigenvalue weighted by Gasteiger charge is -2.29. The van der Waals surface area contributed by atoms with Crippen LogP contribution in [0.15, 0.2) is 36.5 Å². The third-order valence-electron chi connectivity index (χ3n) is 4.11. The summed E-state index contributed by atoms with van der Waals surface area (Å²) in [4.78, 5) is 18.7. The summed E-state index contributed by atoms with van der Waals surface area (Å²) in [6, 6.07) is 8.91. The minimum absolute atomic E-state index is 0.0235. The fraction of sp³-hybridized carbons (Fsp3) is 0.333. The van der Waals surface area contributed by atoms with Gasteiger partial charge in [0.1, 0.15) is 11.6 Å². The van der Waals surface area contributed by atoms with Gasteiger partial charge in [-0.1, -0.05) is 6.07 Å². The van der Waals surface area contributed by atoms with Crippen LogP contribution >= 0.6 is 0 Å². The molecule has 6 heteroatoms. The van der Waals surface area contributed by atoms with Gasteiger partial charge in [0.25, 0.3) is 5.91 Å². The minimum atomic E-state index is -0.0235. The van der Waals surface area contributed by atoms with Crippen molar-refractivity contribution < 1.29 is 14.6 Å². The summed E-state index contributed by atoms with van der Waals surface area (Å²) in [7, 11) is 1.65. The number of amides is 1. The second kappa shape index (κ2) is 7.31. The molecule has 1 aliphatic heterocycles. The number of pyridine rings is 1. The number of aromatic hydroxyl groups is 1. The van der Waals surface area contributed by atoms with E-state index >= 15 is 0 Å². The third-order valence-corrected chi connectivity index (χ3v) is 4.11. The first-order valence-corrected chi connectivity index (χ1v) is 7.96. The molecule has 2 heterocycles. The largest absolute Gasteiger partial charge is 0.508 e. The zero-order chi connectivity index (χ0) is 16.9. The molecule has 2 N–H and O–H groups in total. The molecule has 2 aromatic rings. The Morgan fingerprint density at radius 3 is 2.96 bits per heavy atom. The SMILES string of the molecule is COCCNc1ccc(C(=O)N2CCc3cc(O)ccc3C2)cn1. The topological polar surface area (TPSA) is 74.7 Å². The fourth-order valence-corrected chi connectivity index (χ4v) is 2.80. The highest BCUT2D eigenvalue weighted by Gasteiger charge is 2.22. The zero-order valence-electron chi connectivity index (χ0n) is 13.7. The zero-order valence-corrected chi connectivity index (χ0v) is 13.7. The molecule has 1 aromatic carbocycles. The van der Waals surface area contributed by atoms with E-state index in [-0.39, 0.29) is 11.7 Å². The lowest BCUT2D eigenvalue weighted by Crippen LogP contribution is -2.36. The number of phenols is 1. The molecule has 0 aliphatic carbocycles. The summed E-state index contributed by atoms with van der Waals surface area (Å²) >= 11 is 0. The van der Waals surface area contributed by atoms with Gasteiger partial charge in [0, 0.05) is 32.9 Å². The molecule has 0 bridgehead atoms. The molecule has 3 rings (SSSR count). The molecular formula is C18H21N3O3. The van der Waals surface area contributed by atoms with Crippen LogP contribution in [0.3, 0.4) is 0 Å². The maximum Gasteiger partial charge on any atom is 0.255 e. The van der Waals surface area contributed by atoms with E-state index in [1.165, 1.54) is 0 Å². The van der Waals surface area contributed by atoms with Crippen LogP contribution in [-0.4, -0.2) is 47.7 Å². The van der Waals surface area contributed by atoms with Gasteiger partial charge in [-0.05, 0) is 41.8 Å². The molecule has 6 nitrogen and oxygen atoms in total. The van der Waals surface area contributed by atoms with Gasteiger partial charge in [0.15, 0.2) is 0 Å². The van der Waals surface area contributed by atoms with E-state index in [2.05, 4.69) is 10.3 Å². The van der Waals surface area contributed by atoms with Crippen LogP contribution in [0.25, 0.3) is 0 Å². The molecule has 0 spiro atoms. The number of fused-ring (bicyclic) bond motifs is 1. The van der Waals surface area contributed by atoms with Crippen LogP contribution in [0.2, 0.25) is 0 Å². The third kappa shape index (κ3) is 3.65. The number of phenolic OH excluding ortho intramolecular Hbond substituents is 1. The van der Waals surface area contributed by atoms with E-state index in [0.717, 1.165) is 23.4 Å². The molecule has 1 amide bonds. The predicted molar refractivity (Wildman–Crippen MR) is 91.2 cm³/mol. The summed E-state index contributed by atoms with van der Waals surface area (Å²) in [5.74, 6) is 0.974. The Balaban J connectivity index is 1.65. The van der Waals surface area contributed by atoms with Crippen molar-refractivity contribution in [3.8, 4) is 5.75 Å². The summed E-state index contributed by atoms with van der Waals surface area (Å²) < 4.78 is 4.97. The average molecular weight is 327 g/mol. The summed E-state index contributed by atoms with van der Waals surface area (Å²) in [6.07, 6.45) is 2.35. The maximum absolute atomic E-state index is 12.6. The molecule has 0 saturated carbocycles. The maximum atomic E-state index is 12.6. The highest BCUT2D eigenvalue weighted by atomic mass is 16.5. The summed E-state index contributed by atoms with van der Waals surface area (Å²) in [5.41, 5.74) is 2.77. The number of hydrogen-bond donors (Lipinski definition) is 2. The molecule has 126 valence electrons. The highest BCUT2D eigenvalue weighted by molar-refractivity contribution is 5.94.